The number of halogens is 2. The fraction of sp³-hybridized carbons (Fsp3) is 0.0909. The van der Waals surface area contributed by atoms with Gasteiger partial charge in [-0.25, -0.2) is 14.4 Å². The number of nitrogens with one attached hydrogen (secondary N) is 2. The largest absolute Gasteiger partial charge is 0.372 e. The second kappa shape index (κ2) is 8.93. The van der Waals surface area contributed by atoms with Crippen molar-refractivity contribution in [3.05, 3.63) is 77.2 Å². The first-order valence-corrected chi connectivity index (χ1v) is 9.73. The molecule has 2 N–H and O–H groups in total. The van der Waals surface area contributed by atoms with Crippen LogP contribution in [0, 0.1) is 5.82 Å². The number of nitrogens with zero attached hydrogens (tertiary/aromatic N) is 3. The Morgan fingerprint density at radius 3 is 2.48 bits per heavy atom. The maximum Gasteiger partial charge on any atom is 0.230 e. The zero-order chi connectivity index (χ0) is 21.8. The van der Waals surface area contributed by atoms with Gasteiger partial charge in [-0.2, -0.15) is 0 Å². The Balaban J connectivity index is 1.77. The summed E-state index contributed by atoms with van der Waals surface area (Å²) in [5.41, 5.74) is 1.82. The summed E-state index contributed by atoms with van der Waals surface area (Å²) >= 11 is 6.18. The molecule has 2 aromatic heterocycles. The molecule has 4 rings (SSSR count). The highest BCUT2D eigenvalue weighted by molar-refractivity contribution is 6.31. The highest BCUT2D eigenvalue weighted by Crippen LogP contribution is 2.35. The number of carbonyl (C=O) groups is 1. The number of benzene rings is 2. The van der Waals surface area contributed by atoms with Gasteiger partial charge >= 0.3 is 0 Å². The molecule has 0 aliphatic carbocycles. The highest BCUT2D eigenvalue weighted by atomic mass is 35.5. The van der Waals surface area contributed by atoms with Crippen LogP contribution in [0.25, 0.3) is 22.7 Å². The lowest BCUT2D eigenvalue weighted by Crippen LogP contribution is -2.17. The van der Waals surface area contributed by atoms with E-state index < -0.39 is 0 Å². The molecule has 0 atom stereocenters. The van der Waals surface area contributed by atoms with Gasteiger partial charge in [0.25, 0.3) is 0 Å². The van der Waals surface area contributed by atoms with Gasteiger partial charge in [0.1, 0.15) is 17.5 Å². The molecule has 4 aromatic rings. The van der Waals surface area contributed by atoms with E-state index in [0.717, 1.165) is 0 Å². The van der Waals surface area contributed by atoms with Crippen LogP contribution in [-0.4, -0.2) is 28.1 Å². The Bertz CT molecular complexity index is 1210. The zero-order valence-electron chi connectivity index (χ0n) is 16.4. The molecule has 0 unspecified atom stereocenters. The van der Waals surface area contributed by atoms with Crippen molar-refractivity contribution in [3.63, 3.8) is 0 Å². The average molecular weight is 438 g/mol. The van der Waals surface area contributed by atoms with E-state index in [1.807, 2.05) is 6.07 Å². The minimum atomic E-state index is -0.377. The molecule has 0 spiro atoms. The molecular weight excluding hydrogens is 421 g/mol. The molecule has 0 aliphatic rings. The van der Waals surface area contributed by atoms with Crippen LogP contribution in [0.1, 0.15) is 5.56 Å². The summed E-state index contributed by atoms with van der Waals surface area (Å²) < 4.78 is 18.6. The standard InChI is InChI=1S/C22H17ClFN5O2/c1-25-21-19(13-6-8-15(24)9-7-13)22(29-20(28-21)17-10-11-26-31-17)27-18(30)12-14-4-2-3-5-16(14)23/h2-11H,12H2,1H3,(H2,25,27,28,29,30). The van der Waals surface area contributed by atoms with E-state index in [4.69, 9.17) is 16.1 Å². The number of hydrogen-bond donors (Lipinski definition) is 2. The Morgan fingerprint density at radius 2 is 1.81 bits per heavy atom. The van der Waals surface area contributed by atoms with Crippen molar-refractivity contribution in [1.82, 2.24) is 15.1 Å². The van der Waals surface area contributed by atoms with Crippen LogP contribution in [0.5, 0.6) is 0 Å². The maximum absolute atomic E-state index is 13.5. The summed E-state index contributed by atoms with van der Waals surface area (Å²) in [7, 11) is 1.69. The quantitative estimate of drug-likeness (QED) is 0.449. The first kappa shape index (κ1) is 20.5. The maximum atomic E-state index is 13.5. The van der Waals surface area contributed by atoms with Crippen LogP contribution in [0.2, 0.25) is 5.02 Å². The van der Waals surface area contributed by atoms with Gasteiger partial charge in [-0.05, 0) is 29.3 Å². The second-order valence-electron chi connectivity index (χ2n) is 6.57. The Hall–Kier alpha value is -3.78. The van der Waals surface area contributed by atoms with E-state index in [0.29, 0.717) is 33.3 Å². The number of hydrogen-bond acceptors (Lipinski definition) is 6. The van der Waals surface area contributed by atoms with Crippen LogP contribution < -0.4 is 10.6 Å². The summed E-state index contributed by atoms with van der Waals surface area (Å²) in [5, 5.41) is 10.0. The van der Waals surface area contributed by atoms with E-state index in [-0.39, 0.29) is 29.8 Å². The molecule has 7 nitrogen and oxygen atoms in total. The third kappa shape index (κ3) is 4.54. The van der Waals surface area contributed by atoms with Crippen LogP contribution in [0.3, 0.4) is 0 Å². The summed E-state index contributed by atoms with van der Waals surface area (Å²) in [6.07, 6.45) is 1.53. The Morgan fingerprint density at radius 1 is 1.06 bits per heavy atom. The third-order valence-corrected chi connectivity index (χ3v) is 4.87. The van der Waals surface area contributed by atoms with Crippen molar-refractivity contribution in [1.29, 1.82) is 0 Å². The molecule has 2 heterocycles. The molecule has 0 radical (unpaired) electrons. The topological polar surface area (TPSA) is 92.9 Å². The number of amides is 1. The van der Waals surface area contributed by atoms with Crippen LogP contribution in [0.4, 0.5) is 16.0 Å². The predicted molar refractivity (Wildman–Crippen MR) is 116 cm³/mol. The van der Waals surface area contributed by atoms with Gasteiger partial charge in [0, 0.05) is 18.1 Å². The number of rotatable bonds is 6. The normalized spacial score (nSPS) is 10.7. The van der Waals surface area contributed by atoms with E-state index >= 15 is 0 Å². The van der Waals surface area contributed by atoms with Crippen molar-refractivity contribution in [2.24, 2.45) is 0 Å². The zero-order valence-corrected chi connectivity index (χ0v) is 17.2. The SMILES string of the molecule is CNc1nc(-c2ccno2)nc(NC(=O)Cc2ccccc2Cl)c1-c1ccc(F)cc1. The summed E-state index contributed by atoms with van der Waals surface area (Å²) in [6.45, 7) is 0. The number of anilines is 2. The molecule has 156 valence electrons. The van der Waals surface area contributed by atoms with Gasteiger partial charge in [0.2, 0.25) is 17.5 Å². The van der Waals surface area contributed by atoms with Gasteiger partial charge in [-0.1, -0.05) is 47.1 Å². The first-order valence-electron chi connectivity index (χ1n) is 9.35. The summed E-state index contributed by atoms with van der Waals surface area (Å²) in [5.74, 6) is 0.555. The molecule has 0 aliphatic heterocycles. The first-order chi connectivity index (χ1) is 15.0. The fourth-order valence-corrected chi connectivity index (χ4v) is 3.26. The van der Waals surface area contributed by atoms with Crippen LogP contribution in [0.15, 0.2) is 65.3 Å². The van der Waals surface area contributed by atoms with E-state index in [9.17, 15) is 9.18 Å². The van der Waals surface area contributed by atoms with Gasteiger partial charge in [-0.3, -0.25) is 4.79 Å². The molecular formula is C22H17ClFN5O2. The third-order valence-electron chi connectivity index (χ3n) is 4.50. The highest BCUT2D eigenvalue weighted by Gasteiger charge is 2.20. The fourth-order valence-electron chi connectivity index (χ4n) is 3.05. The van der Waals surface area contributed by atoms with E-state index in [1.165, 1.54) is 18.3 Å². The van der Waals surface area contributed by atoms with Crippen molar-refractivity contribution in [2.75, 3.05) is 17.7 Å². The average Bonchev–Trinajstić information content (AvgIpc) is 3.30. The lowest BCUT2D eigenvalue weighted by atomic mass is 10.1. The van der Waals surface area contributed by atoms with Crippen molar-refractivity contribution in [3.8, 4) is 22.7 Å². The predicted octanol–water partition coefficient (Wildman–Crippen LogP) is 4.81. The van der Waals surface area contributed by atoms with Gasteiger partial charge in [0.05, 0.1) is 18.2 Å². The van der Waals surface area contributed by atoms with Gasteiger partial charge in [0.15, 0.2) is 0 Å². The molecule has 0 saturated heterocycles. The molecule has 9 heteroatoms. The molecule has 1 amide bonds. The molecule has 0 saturated carbocycles. The molecule has 0 bridgehead atoms. The van der Waals surface area contributed by atoms with Crippen LogP contribution in [-0.2, 0) is 11.2 Å². The lowest BCUT2D eigenvalue weighted by molar-refractivity contribution is -0.115. The van der Waals surface area contributed by atoms with Gasteiger partial charge in [-0.15, -0.1) is 0 Å². The van der Waals surface area contributed by atoms with Crippen molar-refractivity contribution < 1.29 is 13.7 Å². The van der Waals surface area contributed by atoms with Crippen molar-refractivity contribution in [2.45, 2.75) is 6.42 Å². The van der Waals surface area contributed by atoms with E-state index in [2.05, 4.69) is 25.8 Å². The van der Waals surface area contributed by atoms with Crippen LogP contribution >= 0.6 is 11.6 Å². The lowest BCUT2D eigenvalue weighted by Gasteiger charge is -2.15. The van der Waals surface area contributed by atoms with Crippen molar-refractivity contribution >= 4 is 29.1 Å². The molecule has 2 aromatic carbocycles. The minimum Gasteiger partial charge on any atom is -0.372 e. The number of aromatic nitrogens is 3. The molecule has 31 heavy (non-hydrogen) atoms. The minimum absolute atomic E-state index is 0.0546. The Labute approximate surface area is 182 Å². The number of carbonyl (C=O) groups excluding carboxylic acids is 1. The summed E-state index contributed by atoms with van der Waals surface area (Å²) in [4.78, 5) is 21.8. The summed E-state index contributed by atoms with van der Waals surface area (Å²) in [6, 6.07) is 14.6. The molecule has 0 fully saturated rings. The second-order valence-corrected chi connectivity index (χ2v) is 6.98. The monoisotopic (exact) mass is 437 g/mol. The van der Waals surface area contributed by atoms with E-state index in [1.54, 1.807) is 43.4 Å². The Kier molecular flexibility index (Phi) is 5.90. The van der Waals surface area contributed by atoms with Gasteiger partial charge < -0.3 is 15.2 Å². The smallest absolute Gasteiger partial charge is 0.230 e.